The van der Waals surface area contributed by atoms with Gasteiger partial charge in [0, 0.05) is 4.47 Å². The predicted octanol–water partition coefficient (Wildman–Crippen LogP) is 3.62. The summed E-state index contributed by atoms with van der Waals surface area (Å²) < 4.78 is 0.864. The number of nitrogens with zero attached hydrogens (tertiary/aromatic N) is 1. The van der Waals surface area contributed by atoms with E-state index in [1.165, 1.54) is 5.56 Å². The fourth-order valence-electron chi connectivity index (χ4n) is 1.08. The highest BCUT2D eigenvalue weighted by Crippen LogP contribution is 2.26. The van der Waals surface area contributed by atoms with Gasteiger partial charge in [0.15, 0.2) is 0 Å². The highest BCUT2D eigenvalue weighted by atomic mass is 79.9. The summed E-state index contributed by atoms with van der Waals surface area (Å²) in [5.74, 6) is 0. The lowest BCUT2D eigenvalue weighted by atomic mass is 9.86. The number of nitriles is 1. The molecule has 0 atom stereocenters. The predicted molar refractivity (Wildman–Crippen MR) is 57.6 cm³/mol. The molecule has 0 aliphatic rings. The van der Waals surface area contributed by atoms with Gasteiger partial charge in [0.2, 0.25) is 0 Å². The van der Waals surface area contributed by atoms with E-state index in [0.717, 1.165) is 4.47 Å². The molecular weight excluding hydrogens is 226 g/mol. The number of hydrogen-bond acceptors (Lipinski definition) is 1. The van der Waals surface area contributed by atoms with E-state index in [0.29, 0.717) is 5.56 Å². The fraction of sp³-hybridized carbons (Fsp3) is 0.364. The second kappa shape index (κ2) is 3.51. The van der Waals surface area contributed by atoms with Crippen LogP contribution < -0.4 is 0 Å². The summed E-state index contributed by atoms with van der Waals surface area (Å²) in [5, 5.41) is 8.83. The molecule has 1 aromatic carbocycles. The number of hydrogen-bond donors (Lipinski definition) is 0. The Balaban J connectivity index is 3.24. The summed E-state index contributed by atoms with van der Waals surface area (Å²) in [7, 11) is 0. The van der Waals surface area contributed by atoms with Crippen LogP contribution in [0, 0.1) is 11.3 Å². The van der Waals surface area contributed by atoms with E-state index < -0.39 is 0 Å². The summed E-state index contributed by atoms with van der Waals surface area (Å²) in [4.78, 5) is 0. The monoisotopic (exact) mass is 237 g/mol. The molecule has 0 aliphatic heterocycles. The molecule has 0 aliphatic carbocycles. The zero-order valence-corrected chi connectivity index (χ0v) is 9.64. The lowest BCUT2D eigenvalue weighted by Crippen LogP contribution is -2.11. The molecule has 0 fully saturated rings. The Morgan fingerprint density at radius 2 is 1.92 bits per heavy atom. The average molecular weight is 238 g/mol. The lowest BCUT2D eigenvalue weighted by Gasteiger charge is -2.19. The van der Waals surface area contributed by atoms with Crippen LogP contribution in [0.5, 0.6) is 0 Å². The standard InChI is InChI=1S/C11H12BrN/c1-11(2,3)9-4-5-10(12)8(6-9)7-13/h4-6H,1-3H3. The van der Waals surface area contributed by atoms with Crippen molar-refractivity contribution < 1.29 is 0 Å². The number of halogens is 1. The van der Waals surface area contributed by atoms with Gasteiger partial charge >= 0.3 is 0 Å². The first-order valence-electron chi connectivity index (χ1n) is 4.15. The zero-order valence-electron chi connectivity index (χ0n) is 8.06. The molecular formula is C11H12BrN. The van der Waals surface area contributed by atoms with Crippen molar-refractivity contribution in [3.05, 3.63) is 33.8 Å². The van der Waals surface area contributed by atoms with Crippen molar-refractivity contribution in [3.63, 3.8) is 0 Å². The van der Waals surface area contributed by atoms with E-state index >= 15 is 0 Å². The summed E-state index contributed by atoms with van der Waals surface area (Å²) in [6, 6.07) is 8.07. The molecule has 1 rings (SSSR count). The molecule has 13 heavy (non-hydrogen) atoms. The van der Waals surface area contributed by atoms with Gasteiger partial charge in [0.05, 0.1) is 5.56 Å². The first kappa shape index (κ1) is 10.3. The summed E-state index contributed by atoms with van der Waals surface area (Å²) >= 11 is 3.33. The summed E-state index contributed by atoms with van der Waals surface area (Å²) in [6.45, 7) is 6.41. The first-order valence-corrected chi connectivity index (χ1v) is 4.94. The summed E-state index contributed by atoms with van der Waals surface area (Å²) in [6.07, 6.45) is 0. The highest BCUT2D eigenvalue weighted by Gasteiger charge is 2.14. The first-order chi connectivity index (χ1) is 5.95. The summed E-state index contributed by atoms with van der Waals surface area (Å²) in [5.41, 5.74) is 1.99. The molecule has 0 bridgehead atoms. The van der Waals surface area contributed by atoms with Gasteiger partial charge in [0.1, 0.15) is 6.07 Å². The van der Waals surface area contributed by atoms with E-state index in [1.807, 2.05) is 18.2 Å². The van der Waals surface area contributed by atoms with E-state index in [9.17, 15) is 0 Å². The SMILES string of the molecule is CC(C)(C)c1ccc(Br)c(C#N)c1. The van der Waals surface area contributed by atoms with Gasteiger partial charge in [-0.2, -0.15) is 5.26 Å². The van der Waals surface area contributed by atoms with Crippen LogP contribution in [0.3, 0.4) is 0 Å². The van der Waals surface area contributed by atoms with Gasteiger partial charge in [-0.05, 0) is 39.0 Å². The van der Waals surface area contributed by atoms with Crippen LogP contribution in [0.4, 0.5) is 0 Å². The molecule has 1 nitrogen and oxygen atoms in total. The van der Waals surface area contributed by atoms with Crippen LogP contribution >= 0.6 is 15.9 Å². The van der Waals surface area contributed by atoms with Crippen molar-refractivity contribution >= 4 is 15.9 Å². The van der Waals surface area contributed by atoms with Crippen molar-refractivity contribution in [3.8, 4) is 6.07 Å². The van der Waals surface area contributed by atoms with Crippen molar-refractivity contribution in [2.75, 3.05) is 0 Å². The topological polar surface area (TPSA) is 23.8 Å². The molecule has 68 valence electrons. The van der Waals surface area contributed by atoms with Gasteiger partial charge in [-0.25, -0.2) is 0 Å². The molecule has 0 saturated carbocycles. The van der Waals surface area contributed by atoms with Crippen molar-refractivity contribution in [1.29, 1.82) is 5.26 Å². The van der Waals surface area contributed by atoms with Crippen LogP contribution in [-0.4, -0.2) is 0 Å². The Morgan fingerprint density at radius 3 is 2.38 bits per heavy atom. The molecule has 0 spiro atoms. The second-order valence-electron chi connectivity index (χ2n) is 4.06. The number of rotatable bonds is 0. The van der Waals surface area contributed by atoms with Crippen molar-refractivity contribution in [2.24, 2.45) is 0 Å². The Morgan fingerprint density at radius 1 is 1.31 bits per heavy atom. The lowest BCUT2D eigenvalue weighted by molar-refractivity contribution is 0.590. The Hall–Kier alpha value is -0.810. The largest absolute Gasteiger partial charge is 0.192 e. The van der Waals surface area contributed by atoms with Crippen LogP contribution in [0.1, 0.15) is 31.9 Å². The zero-order chi connectivity index (χ0) is 10.1. The minimum absolute atomic E-state index is 0.103. The molecule has 1 aromatic rings. The maximum atomic E-state index is 8.83. The van der Waals surface area contributed by atoms with Crippen LogP contribution in [-0.2, 0) is 5.41 Å². The molecule has 0 N–H and O–H groups in total. The molecule has 0 saturated heterocycles. The van der Waals surface area contributed by atoms with Crippen LogP contribution in [0.25, 0.3) is 0 Å². The van der Waals surface area contributed by atoms with Gasteiger partial charge < -0.3 is 0 Å². The maximum absolute atomic E-state index is 8.83. The second-order valence-corrected chi connectivity index (χ2v) is 4.91. The molecule has 0 unspecified atom stereocenters. The maximum Gasteiger partial charge on any atom is 0.100 e. The minimum atomic E-state index is 0.103. The van der Waals surface area contributed by atoms with E-state index in [2.05, 4.69) is 42.8 Å². The third-order valence-electron chi connectivity index (χ3n) is 1.95. The highest BCUT2D eigenvalue weighted by molar-refractivity contribution is 9.10. The molecule has 0 aromatic heterocycles. The molecule has 0 heterocycles. The van der Waals surface area contributed by atoms with Gasteiger partial charge in [0.25, 0.3) is 0 Å². The Labute approximate surface area is 87.5 Å². The Bertz CT molecular complexity index is 355. The smallest absolute Gasteiger partial charge is 0.100 e. The van der Waals surface area contributed by atoms with E-state index in [-0.39, 0.29) is 5.41 Å². The van der Waals surface area contributed by atoms with Gasteiger partial charge in [-0.15, -0.1) is 0 Å². The average Bonchev–Trinajstić information content (AvgIpc) is 2.03. The van der Waals surface area contributed by atoms with Gasteiger partial charge in [-0.3, -0.25) is 0 Å². The number of benzene rings is 1. The van der Waals surface area contributed by atoms with E-state index in [1.54, 1.807) is 0 Å². The molecule has 0 amide bonds. The minimum Gasteiger partial charge on any atom is -0.192 e. The Kier molecular flexibility index (Phi) is 2.77. The van der Waals surface area contributed by atoms with E-state index in [4.69, 9.17) is 5.26 Å². The fourth-order valence-corrected chi connectivity index (χ4v) is 1.41. The molecule has 0 radical (unpaired) electrons. The van der Waals surface area contributed by atoms with Crippen LogP contribution in [0.15, 0.2) is 22.7 Å². The van der Waals surface area contributed by atoms with Crippen LogP contribution in [0.2, 0.25) is 0 Å². The van der Waals surface area contributed by atoms with Crippen molar-refractivity contribution in [1.82, 2.24) is 0 Å². The van der Waals surface area contributed by atoms with Crippen molar-refractivity contribution in [2.45, 2.75) is 26.2 Å². The third-order valence-corrected chi connectivity index (χ3v) is 2.64. The normalized spacial score (nSPS) is 11.0. The molecule has 2 heteroatoms. The quantitative estimate of drug-likeness (QED) is 0.677. The third kappa shape index (κ3) is 2.32. The van der Waals surface area contributed by atoms with Gasteiger partial charge in [-0.1, -0.05) is 26.8 Å².